The van der Waals surface area contributed by atoms with Crippen LogP contribution in [0.4, 0.5) is 5.69 Å². The maximum absolute atomic E-state index is 12.0. The maximum atomic E-state index is 12.0. The van der Waals surface area contributed by atoms with Crippen molar-refractivity contribution in [2.75, 3.05) is 11.9 Å². The van der Waals surface area contributed by atoms with Crippen LogP contribution in [0.15, 0.2) is 34.9 Å². The van der Waals surface area contributed by atoms with Crippen LogP contribution in [0.25, 0.3) is 0 Å². The lowest BCUT2D eigenvalue weighted by Crippen LogP contribution is -2.25. The highest BCUT2D eigenvalue weighted by atomic mass is 16.5. The van der Waals surface area contributed by atoms with Crippen molar-refractivity contribution >= 4 is 17.5 Å². The van der Waals surface area contributed by atoms with E-state index in [1.54, 1.807) is 31.2 Å². The number of hydrogen-bond donors (Lipinski definition) is 2. The van der Waals surface area contributed by atoms with Crippen LogP contribution < -0.4 is 10.6 Å². The molecule has 2 N–H and O–H groups in total. The van der Waals surface area contributed by atoms with E-state index in [1.165, 1.54) is 6.07 Å². The second-order valence-electron chi connectivity index (χ2n) is 4.22. The third-order valence-electron chi connectivity index (χ3n) is 2.62. The Hall–Kier alpha value is -3.07. The molecule has 1 heterocycles. The number of hydrogen-bond acceptors (Lipinski definition) is 4. The van der Waals surface area contributed by atoms with Crippen molar-refractivity contribution in [2.45, 2.75) is 6.92 Å². The number of rotatable bonds is 4. The summed E-state index contributed by atoms with van der Waals surface area (Å²) >= 11 is 0. The van der Waals surface area contributed by atoms with Crippen molar-refractivity contribution < 1.29 is 14.1 Å². The highest BCUT2D eigenvalue weighted by Gasteiger charge is 2.16. The van der Waals surface area contributed by atoms with E-state index in [1.807, 2.05) is 0 Å². The summed E-state index contributed by atoms with van der Waals surface area (Å²) in [4.78, 5) is 24.0. The average Bonchev–Trinajstić information content (AvgIpc) is 2.92. The lowest BCUT2D eigenvalue weighted by atomic mass is 10.1. The minimum atomic E-state index is -0.479. The molecule has 0 saturated heterocycles. The lowest BCUT2D eigenvalue weighted by Gasteiger charge is -2.09. The van der Waals surface area contributed by atoms with Gasteiger partial charge >= 0.3 is 0 Å². The molecule has 106 valence electrons. The van der Waals surface area contributed by atoms with Gasteiger partial charge in [-0.2, -0.15) is 0 Å². The molecule has 0 atom stereocenters. The predicted molar refractivity (Wildman–Crippen MR) is 76.8 cm³/mol. The van der Waals surface area contributed by atoms with Crippen molar-refractivity contribution in [3.63, 3.8) is 0 Å². The molecule has 2 aromatic rings. The number of aromatic nitrogens is 1. The van der Waals surface area contributed by atoms with Crippen LogP contribution in [0.2, 0.25) is 0 Å². The van der Waals surface area contributed by atoms with Crippen molar-refractivity contribution in [2.24, 2.45) is 0 Å². The molecule has 1 aromatic heterocycles. The zero-order valence-corrected chi connectivity index (χ0v) is 11.3. The van der Waals surface area contributed by atoms with Gasteiger partial charge in [-0.25, -0.2) is 0 Å². The molecule has 0 fully saturated rings. The summed E-state index contributed by atoms with van der Waals surface area (Å²) in [6, 6.07) is 8.12. The van der Waals surface area contributed by atoms with Gasteiger partial charge in [-0.15, -0.1) is 6.42 Å². The fraction of sp³-hybridized carbons (Fsp3) is 0.133. The first-order valence-electron chi connectivity index (χ1n) is 6.17. The number of terminal acetylenes is 1. The van der Waals surface area contributed by atoms with Gasteiger partial charge in [0.15, 0.2) is 0 Å². The van der Waals surface area contributed by atoms with E-state index in [2.05, 4.69) is 21.7 Å². The lowest BCUT2D eigenvalue weighted by molar-refractivity contribution is 0.0959. The summed E-state index contributed by atoms with van der Waals surface area (Å²) in [5.41, 5.74) is 1.28. The minimum absolute atomic E-state index is 0.0753. The zero-order valence-electron chi connectivity index (χ0n) is 11.3. The van der Waals surface area contributed by atoms with E-state index < -0.39 is 5.91 Å². The van der Waals surface area contributed by atoms with Crippen LogP contribution >= 0.6 is 0 Å². The summed E-state index contributed by atoms with van der Waals surface area (Å²) in [5.74, 6) is 1.55. The third-order valence-corrected chi connectivity index (χ3v) is 2.62. The first-order chi connectivity index (χ1) is 10.1. The fourth-order valence-electron chi connectivity index (χ4n) is 1.67. The molecule has 6 heteroatoms. The SMILES string of the molecule is C#CCNC(=O)c1ccccc1NC(=O)c1cc(C)no1. The van der Waals surface area contributed by atoms with E-state index in [0.29, 0.717) is 16.9 Å². The molecular formula is C15H13N3O3. The highest BCUT2D eigenvalue weighted by molar-refractivity contribution is 6.07. The Kier molecular flexibility index (Phi) is 4.36. The van der Waals surface area contributed by atoms with Crippen LogP contribution in [0, 0.1) is 19.3 Å². The molecule has 0 spiro atoms. The maximum Gasteiger partial charge on any atom is 0.294 e. The Bertz CT molecular complexity index is 713. The van der Waals surface area contributed by atoms with Gasteiger partial charge in [-0.05, 0) is 19.1 Å². The number of nitrogens with zero attached hydrogens (tertiary/aromatic N) is 1. The second kappa shape index (κ2) is 6.39. The molecule has 0 radical (unpaired) electrons. The number of benzene rings is 1. The van der Waals surface area contributed by atoms with Crippen LogP contribution in [0.1, 0.15) is 26.6 Å². The van der Waals surface area contributed by atoms with Gasteiger partial charge in [0.05, 0.1) is 23.5 Å². The van der Waals surface area contributed by atoms with E-state index in [4.69, 9.17) is 10.9 Å². The molecule has 0 aliphatic rings. The van der Waals surface area contributed by atoms with E-state index in [9.17, 15) is 9.59 Å². The average molecular weight is 283 g/mol. The number of nitrogens with one attached hydrogen (secondary N) is 2. The number of carbonyl (C=O) groups is 2. The fourth-order valence-corrected chi connectivity index (χ4v) is 1.67. The number of para-hydroxylation sites is 1. The normalized spacial score (nSPS) is 9.71. The van der Waals surface area contributed by atoms with E-state index in [-0.39, 0.29) is 18.2 Å². The summed E-state index contributed by atoms with van der Waals surface area (Å²) in [5, 5.41) is 8.80. The molecule has 1 aromatic carbocycles. The smallest absolute Gasteiger partial charge is 0.294 e. The summed E-state index contributed by atoms with van der Waals surface area (Å²) in [7, 11) is 0. The Morgan fingerprint density at radius 1 is 1.33 bits per heavy atom. The van der Waals surface area contributed by atoms with Crippen molar-refractivity contribution in [3.05, 3.63) is 47.3 Å². The summed E-state index contributed by atoms with van der Waals surface area (Å²) in [6.45, 7) is 1.82. The topological polar surface area (TPSA) is 84.2 Å². The van der Waals surface area contributed by atoms with Crippen LogP contribution in [-0.4, -0.2) is 23.5 Å². The highest BCUT2D eigenvalue weighted by Crippen LogP contribution is 2.16. The zero-order chi connectivity index (χ0) is 15.2. The number of anilines is 1. The molecule has 2 amide bonds. The van der Waals surface area contributed by atoms with Crippen molar-refractivity contribution in [1.29, 1.82) is 0 Å². The van der Waals surface area contributed by atoms with Crippen molar-refractivity contribution in [1.82, 2.24) is 10.5 Å². The molecule has 0 saturated carbocycles. The Balaban J connectivity index is 2.19. The first-order valence-corrected chi connectivity index (χ1v) is 6.17. The largest absolute Gasteiger partial charge is 0.351 e. The van der Waals surface area contributed by atoms with Gasteiger partial charge in [0, 0.05) is 6.07 Å². The van der Waals surface area contributed by atoms with E-state index >= 15 is 0 Å². The van der Waals surface area contributed by atoms with Crippen molar-refractivity contribution in [3.8, 4) is 12.3 Å². The molecule has 0 unspecified atom stereocenters. The standard InChI is InChI=1S/C15H13N3O3/c1-3-8-16-14(19)11-6-4-5-7-12(11)17-15(20)13-9-10(2)18-21-13/h1,4-7,9H,8H2,2H3,(H,16,19)(H,17,20). The number of carbonyl (C=O) groups excluding carboxylic acids is 2. The monoisotopic (exact) mass is 283 g/mol. The van der Waals surface area contributed by atoms with Crippen LogP contribution in [-0.2, 0) is 0 Å². The molecule has 6 nitrogen and oxygen atoms in total. The minimum Gasteiger partial charge on any atom is -0.351 e. The molecule has 0 aliphatic heterocycles. The predicted octanol–water partition coefficient (Wildman–Crippen LogP) is 1.60. The Morgan fingerprint density at radius 3 is 2.76 bits per heavy atom. The van der Waals surface area contributed by atoms with Gasteiger partial charge in [-0.3, -0.25) is 9.59 Å². The van der Waals surface area contributed by atoms with Gasteiger partial charge in [0.25, 0.3) is 11.8 Å². The summed E-state index contributed by atoms with van der Waals surface area (Å²) < 4.78 is 4.87. The molecule has 2 rings (SSSR count). The van der Waals surface area contributed by atoms with Crippen LogP contribution in [0.5, 0.6) is 0 Å². The Morgan fingerprint density at radius 2 is 2.10 bits per heavy atom. The molecule has 0 aliphatic carbocycles. The first kappa shape index (κ1) is 14.3. The van der Waals surface area contributed by atoms with Crippen LogP contribution in [0.3, 0.4) is 0 Å². The summed E-state index contributed by atoms with van der Waals surface area (Å²) in [6.07, 6.45) is 5.10. The second-order valence-corrected chi connectivity index (χ2v) is 4.22. The van der Waals surface area contributed by atoms with Gasteiger partial charge in [-0.1, -0.05) is 23.2 Å². The van der Waals surface area contributed by atoms with E-state index in [0.717, 1.165) is 0 Å². The Labute approximate surface area is 121 Å². The van der Waals surface area contributed by atoms with Gasteiger partial charge in [0.1, 0.15) is 0 Å². The number of amides is 2. The number of aryl methyl sites for hydroxylation is 1. The molecular weight excluding hydrogens is 270 g/mol. The third kappa shape index (κ3) is 3.48. The molecule has 21 heavy (non-hydrogen) atoms. The quantitative estimate of drug-likeness (QED) is 0.835. The molecule has 0 bridgehead atoms. The van der Waals surface area contributed by atoms with Gasteiger partial charge in [0.2, 0.25) is 5.76 Å². The van der Waals surface area contributed by atoms with Gasteiger partial charge < -0.3 is 15.2 Å².